The minimum atomic E-state index is -0.917. The van der Waals surface area contributed by atoms with Crippen molar-refractivity contribution in [3.8, 4) is 0 Å². The van der Waals surface area contributed by atoms with Gasteiger partial charge in [0.05, 0.1) is 27.3 Å². The highest BCUT2D eigenvalue weighted by Gasteiger charge is 2.34. The Hall–Kier alpha value is -4.12. The second-order valence-electron chi connectivity index (χ2n) is 9.06. The number of nitrogens with zero attached hydrogens (tertiary/aromatic N) is 3. The van der Waals surface area contributed by atoms with E-state index in [0.717, 1.165) is 32.7 Å². The van der Waals surface area contributed by atoms with Crippen LogP contribution in [0.5, 0.6) is 0 Å². The van der Waals surface area contributed by atoms with Gasteiger partial charge in [0, 0.05) is 18.9 Å². The summed E-state index contributed by atoms with van der Waals surface area (Å²) in [5.41, 5.74) is 1.50. The molecule has 5 rings (SSSR count). The normalized spacial score (nSPS) is 11.3. The summed E-state index contributed by atoms with van der Waals surface area (Å²) < 4.78 is 16.3. The Labute approximate surface area is 239 Å². The average Bonchev–Trinajstić information content (AvgIpc) is 3.42. The summed E-state index contributed by atoms with van der Waals surface area (Å²) in [5.74, 6) is -0.714. The van der Waals surface area contributed by atoms with E-state index >= 15 is 4.39 Å². The van der Waals surface area contributed by atoms with Crippen molar-refractivity contribution in [3.63, 3.8) is 0 Å². The van der Waals surface area contributed by atoms with E-state index in [0.29, 0.717) is 10.9 Å². The first-order valence-electron chi connectivity index (χ1n) is 12.5. The summed E-state index contributed by atoms with van der Waals surface area (Å²) in [7, 11) is 0. The van der Waals surface area contributed by atoms with Crippen LogP contribution in [0.3, 0.4) is 0 Å². The lowest BCUT2D eigenvalue weighted by molar-refractivity contribution is 0.0928. The van der Waals surface area contributed by atoms with Gasteiger partial charge >= 0.3 is 0 Å². The highest BCUT2D eigenvalue weighted by molar-refractivity contribution is 8.01. The number of aliphatic hydroxyl groups is 1. The largest absolute Gasteiger partial charge is 0.395 e. The maximum absolute atomic E-state index is 15.5. The van der Waals surface area contributed by atoms with Gasteiger partial charge in [0.1, 0.15) is 5.82 Å². The molecule has 40 heavy (non-hydrogen) atoms. The van der Waals surface area contributed by atoms with E-state index in [1.165, 1.54) is 23.6 Å². The third kappa shape index (κ3) is 6.04. The van der Waals surface area contributed by atoms with E-state index in [4.69, 9.17) is 0 Å². The molecule has 0 atom stereocenters. The van der Waals surface area contributed by atoms with Gasteiger partial charge in [-0.1, -0.05) is 83.8 Å². The predicted octanol–water partition coefficient (Wildman–Crippen LogP) is 5.98. The Bertz CT molecular complexity index is 1560. The molecule has 3 N–H and O–H groups in total. The first-order chi connectivity index (χ1) is 19.5. The third-order valence-corrected chi connectivity index (χ3v) is 8.44. The fourth-order valence-corrected chi connectivity index (χ4v) is 6.16. The van der Waals surface area contributed by atoms with E-state index < -0.39 is 17.1 Å². The first-order valence-corrected chi connectivity index (χ1v) is 14.1. The van der Waals surface area contributed by atoms with Crippen LogP contribution in [0.15, 0.2) is 107 Å². The van der Waals surface area contributed by atoms with Crippen molar-refractivity contribution in [1.29, 1.82) is 0 Å². The van der Waals surface area contributed by atoms with Crippen LogP contribution in [0.4, 0.5) is 15.3 Å². The van der Waals surface area contributed by atoms with Gasteiger partial charge in [0.15, 0.2) is 16.6 Å². The standard InChI is InChI=1S/C30H26FN5O2S2/c1-20-12-14-32-24(16-20)36-29-34-17-25(40-29)39-23-13-15-33-27(26(23)31)28(38)35-18-30(19-37,21-8-4-2-5-9-21)22-10-6-3-7-11-22/h2-17,37H,18-19H2,1H3,(H,35,38)(H,32,34,36). The molecule has 0 aliphatic rings. The number of aromatic nitrogens is 3. The molecule has 5 aromatic rings. The molecule has 0 aliphatic heterocycles. The summed E-state index contributed by atoms with van der Waals surface area (Å²) in [6.45, 7) is 1.77. The minimum absolute atomic E-state index is 0.0473. The molecule has 1 amide bonds. The molecule has 0 fully saturated rings. The van der Waals surface area contributed by atoms with Gasteiger partial charge in [0.2, 0.25) is 0 Å². The van der Waals surface area contributed by atoms with Crippen LogP contribution < -0.4 is 10.6 Å². The number of aliphatic hydroxyl groups excluding tert-OH is 1. The number of halogens is 1. The van der Waals surface area contributed by atoms with Gasteiger partial charge in [0.25, 0.3) is 5.91 Å². The van der Waals surface area contributed by atoms with Crippen molar-refractivity contribution in [3.05, 3.63) is 126 Å². The number of nitrogens with one attached hydrogen (secondary N) is 2. The number of carbonyl (C=O) groups excluding carboxylic acids is 1. The summed E-state index contributed by atoms with van der Waals surface area (Å²) in [5, 5.41) is 17.2. The number of amides is 1. The van der Waals surface area contributed by atoms with Gasteiger partial charge < -0.3 is 15.7 Å². The number of carbonyl (C=O) groups is 1. The maximum Gasteiger partial charge on any atom is 0.273 e. The molecule has 0 saturated heterocycles. The third-order valence-electron chi connectivity index (χ3n) is 6.39. The van der Waals surface area contributed by atoms with Gasteiger partial charge in [-0.25, -0.2) is 19.3 Å². The molecule has 3 aromatic heterocycles. The molecule has 10 heteroatoms. The van der Waals surface area contributed by atoms with Crippen LogP contribution >= 0.6 is 23.1 Å². The van der Waals surface area contributed by atoms with E-state index in [-0.39, 0.29) is 23.7 Å². The van der Waals surface area contributed by atoms with E-state index in [1.807, 2.05) is 79.7 Å². The molecule has 0 spiro atoms. The number of aryl methyl sites for hydroxylation is 1. The Morgan fingerprint density at radius 1 is 0.975 bits per heavy atom. The molecule has 7 nitrogen and oxygen atoms in total. The molecule has 0 saturated carbocycles. The van der Waals surface area contributed by atoms with Crippen molar-refractivity contribution < 1.29 is 14.3 Å². The topological polar surface area (TPSA) is 100 Å². The molecular weight excluding hydrogens is 545 g/mol. The number of benzene rings is 2. The van der Waals surface area contributed by atoms with Crippen LogP contribution in [0, 0.1) is 12.7 Å². The second-order valence-corrected chi connectivity index (χ2v) is 11.4. The molecule has 3 heterocycles. The van der Waals surface area contributed by atoms with E-state index in [1.54, 1.807) is 12.4 Å². The molecular formula is C30H26FN5O2S2. The number of thiazole rings is 1. The molecule has 0 radical (unpaired) electrons. The summed E-state index contributed by atoms with van der Waals surface area (Å²) in [4.78, 5) is 26.1. The molecule has 2 aromatic carbocycles. The molecule has 0 bridgehead atoms. The lowest BCUT2D eigenvalue weighted by Crippen LogP contribution is -2.44. The average molecular weight is 572 g/mol. The zero-order valence-corrected chi connectivity index (χ0v) is 23.2. The SMILES string of the molecule is Cc1ccnc(Nc2ncc(Sc3ccnc(C(=O)NCC(CO)(c4ccccc4)c4ccccc4)c3F)s2)c1. The fourth-order valence-electron chi connectivity index (χ4n) is 4.29. The number of anilines is 2. The van der Waals surface area contributed by atoms with Gasteiger partial charge in [-0.3, -0.25) is 4.79 Å². The zero-order valence-electron chi connectivity index (χ0n) is 21.5. The van der Waals surface area contributed by atoms with Crippen molar-refractivity contribution >= 4 is 40.0 Å². The molecule has 0 unspecified atom stereocenters. The first kappa shape index (κ1) is 27.4. The second kappa shape index (κ2) is 12.4. The fraction of sp³-hybridized carbons (Fsp3) is 0.133. The van der Waals surface area contributed by atoms with Crippen molar-refractivity contribution in [2.75, 3.05) is 18.5 Å². The van der Waals surface area contributed by atoms with Crippen LogP contribution in [-0.4, -0.2) is 39.1 Å². The summed E-state index contributed by atoms with van der Waals surface area (Å²) in [6.07, 6.45) is 4.76. The van der Waals surface area contributed by atoms with Crippen LogP contribution in [0.2, 0.25) is 0 Å². The highest BCUT2D eigenvalue weighted by atomic mass is 32.2. The van der Waals surface area contributed by atoms with E-state index in [9.17, 15) is 9.90 Å². The number of rotatable bonds is 10. The maximum atomic E-state index is 15.5. The van der Waals surface area contributed by atoms with Gasteiger partial charge in [-0.15, -0.1) is 0 Å². The van der Waals surface area contributed by atoms with Crippen LogP contribution in [-0.2, 0) is 5.41 Å². The Morgan fingerprint density at radius 3 is 2.30 bits per heavy atom. The Morgan fingerprint density at radius 2 is 1.65 bits per heavy atom. The Kier molecular flexibility index (Phi) is 8.49. The lowest BCUT2D eigenvalue weighted by Gasteiger charge is -2.33. The lowest BCUT2D eigenvalue weighted by atomic mass is 9.75. The Balaban J connectivity index is 1.33. The van der Waals surface area contributed by atoms with Crippen molar-refractivity contribution in [2.24, 2.45) is 0 Å². The summed E-state index contributed by atoms with van der Waals surface area (Å²) in [6, 6.07) is 24.2. The van der Waals surface area contributed by atoms with E-state index in [2.05, 4.69) is 25.6 Å². The number of hydrogen-bond acceptors (Lipinski definition) is 8. The highest BCUT2D eigenvalue weighted by Crippen LogP contribution is 2.37. The monoisotopic (exact) mass is 571 g/mol. The van der Waals surface area contributed by atoms with Crippen LogP contribution in [0.25, 0.3) is 0 Å². The van der Waals surface area contributed by atoms with Crippen molar-refractivity contribution in [2.45, 2.75) is 21.4 Å². The van der Waals surface area contributed by atoms with Gasteiger partial charge in [-0.2, -0.15) is 0 Å². The number of hydrogen-bond donors (Lipinski definition) is 3. The predicted molar refractivity (Wildman–Crippen MR) is 156 cm³/mol. The molecule has 0 aliphatic carbocycles. The molecule has 202 valence electrons. The van der Waals surface area contributed by atoms with Crippen molar-refractivity contribution in [1.82, 2.24) is 20.3 Å². The van der Waals surface area contributed by atoms with Gasteiger partial charge in [-0.05, 0) is 41.8 Å². The smallest absolute Gasteiger partial charge is 0.273 e. The minimum Gasteiger partial charge on any atom is -0.395 e. The zero-order chi connectivity index (χ0) is 28.0. The summed E-state index contributed by atoms with van der Waals surface area (Å²) >= 11 is 2.51. The quantitative estimate of drug-likeness (QED) is 0.190. The number of pyridine rings is 2. The van der Waals surface area contributed by atoms with Crippen LogP contribution in [0.1, 0.15) is 27.2 Å².